The van der Waals surface area contributed by atoms with Gasteiger partial charge in [-0.2, -0.15) is 0 Å². The predicted molar refractivity (Wildman–Crippen MR) is 55.2 cm³/mol. The zero-order chi connectivity index (χ0) is 10.8. The van der Waals surface area contributed by atoms with Gasteiger partial charge in [-0.15, -0.1) is 0 Å². The molecule has 2 amide bonds. The van der Waals surface area contributed by atoms with Crippen LogP contribution in [0.1, 0.15) is 12.8 Å². The molecular formula is C10H17N3O2. The molecule has 5 nitrogen and oxygen atoms in total. The third kappa shape index (κ3) is 2.28. The van der Waals surface area contributed by atoms with Gasteiger partial charge in [0.25, 0.3) is 0 Å². The molecule has 0 aliphatic carbocycles. The van der Waals surface area contributed by atoms with Crippen molar-refractivity contribution in [1.82, 2.24) is 15.1 Å². The van der Waals surface area contributed by atoms with E-state index in [1.807, 2.05) is 0 Å². The highest BCUT2D eigenvalue weighted by Crippen LogP contribution is 2.09. The standard InChI is InChI=1S/C10H17N3O2/c1-12-6-10(15)13(7-9(12)14)5-8-3-2-4-11-8/h8,11H,2-7H2,1H3/t8-/m1/s1. The van der Waals surface area contributed by atoms with Crippen molar-refractivity contribution in [3.8, 4) is 0 Å². The molecule has 2 fully saturated rings. The molecule has 84 valence electrons. The van der Waals surface area contributed by atoms with E-state index in [9.17, 15) is 9.59 Å². The van der Waals surface area contributed by atoms with Crippen molar-refractivity contribution < 1.29 is 9.59 Å². The summed E-state index contributed by atoms with van der Waals surface area (Å²) < 4.78 is 0. The van der Waals surface area contributed by atoms with Gasteiger partial charge in [0.15, 0.2) is 0 Å². The highest BCUT2D eigenvalue weighted by Gasteiger charge is 2.29. The van der Waals surface area contributed by atoms with Crippen LogP contribution in [0.15, 0.2) is 0 Å². The molecule has 5 heteroatoms. The Bertz CT molecular complexity index is 274. The summed E-state index contributed by atoms with van der Waals surface area (Å²) in [6.07, 6.45) is 2.27. The van der Waals surface area contributed by atoms with Crippen LogP contribution in [-0.4, -0.2) is 60.9 Å². The molecule has 0 aromatic carbocycles. The van der Waals surface area contributed by atoms with E-state index in [4.69, 9.17) is 0 Å². The molecule has 2 heterocycles. The second kappa shape index (κ2) is 4.18. The Balaban J connectivity index is 1.90. The van der Waals surface area contributed by atoms with Crippen LogP contribution in [0.25, 0.3) is 0 Å². The number of nitrogens with zero attached hydrogens (tertiary/aromatic N) is 2. The number of hydrogen-bond acceptors (Lipinski definition) is 3. The van der Waals surface area contributed by atoms with Crippen molar-refractivity contribution >= 4 is 11.8 Å². The maximum Gasteiger partial charge on any atom is 0.242 e. The molecule has 0 bridgehead atoms. The molecule has 0 radical (unpaired) electrons. The Morgan fingerprint density at radius 1 is 1.33 bits per heavy atom. The molecule has 1 atom stereocenters. The van der Waals surface area contributed by atoms with Crippen LogP contribution in [0.2, 0.25) is 0 Å². The van der Waals surface area contributed by atoms with E-state index in [0.717, 1.165) is 13.0 Å². The van der Waals surface area contributed by atoms with Crippen LogP contribution in [0.3, 0.4) is 0 Å². The van der Waals surface area contributed by atoms with Crippen LogP contribution < -0.4 is 5.32 Å². The minimum atomic E-state index is 0.0348. The van der Waals surface area contributed by atoms with Gasteiger partial charge in [0.05, 0.1) is 13.1 Å². The van der Waals surface area contributed by atoms with E-state index in [1.165, 1.54) is 11.3 Å². The average molecular weight is 211 g/mol. The largest absolute Gasteiger partial charge is 0.335 e. The van der Waals surface area contributed by atoms with Gasteiger partial charge in [-0.05, 0) is 19.4 Å². The van der Waals surface area contributed by atoms with Crippen molar-refractivity contribution in [3.05, 3.63) is 0 Å². The molecule has 2 saturated heterocycles. The number of amides is 2. The van der Waals surface area contributed by atoms with Gasteiger partial charge >= 0.3 is 0 Å². The summed E-state index contributed by atoms with van der Waals surface area (Å²) in [5.41, 5.74) is 0. The quantitative estimate of drug-likeness (QED) is 0.640. The first kappa shape index (κ1) is 10.4. The smallest absolute Gasteiger partial charge is 0.242 e. The fourth-order valence-corrected chi connectivity index (χ4v) is 2.11. The van der Waals surface area contributed by atoms with Crippen molar-refractivity contribution in [2.24, 2.45) is 0 Å². The second-order valence-corrected chi connectivity index (χ2v) is 4.32. The van der Waals surface area contributed by atoms with Crippen LogP contribution in [0.5, 0.6) is 0 Å². The summed E-state index contributed by atoms with van der Waals surface area (Å²) in [4.78, 5) is 26.2. The normalized spacial score (nSPS) is 27.7. The number of rotatable bonds is 2. The Morgan fingerprint density at radius 3 is 2.80 bits per heavy atom. The SMILES string of the molecule is CN1CC(=O)N(C[C@H]2CCCN2)CC1=O. The highest BCUT2D eigenvalue weighted by molar-refractivity contribution is 5.92. The van der Waals surface area contributed by atoms with Crippen LogP contribution in [0, 0.1) is 0 Å². The molecular weight excluding hydrogens is 194 g/mol. The molecule has 2 aliphatic rings. The fourth-order valence-electron chi connectivity index (χ4n) is 2.11. The summed E-state index contributed by atoms with van der Waals surface area (Å²) in [5.74, 6) is 0.0957. The van der Waals surface area contributed by atoms with Gasteiger partial charge in [0, 0.05) is 19.6 Å². The van der Waals surface area contributed by atoms with Crippen molar-refractivity contribution in [1.29, 1.82) is 0 Å². The van der Waals surface area contributed by atoms with Gasteiger partial charge in [0.1, 0.15) is 0 Å². The van der Waals surface area contributed by atoms with Crippen molar-refractivity contribution in [2.75, 3.05) is 33.2 Å². The lowest BCUT2D eigenvalue weighted by molar-refractivity contribution is -0.149. The summed E-state index contributed by atoms with van der Waals surface area (Å²) >= 11 is 0. The number of nitrogens with one attached hydrogen (secondary N) is 1. The van der Waals surface area contributed by atoms with Gasteiger partial charge in [-0.3, -0.25) is 9.59 Å². The Hall–Kier alpha value is -1.10. The Labute approximate surface area is 89.4 Å². The average Bonchev–Trinajstić information content (AvgIpc) is 2.67. The predicted octanol–water partition coefficient (Wildman–Crippen LogP) is -0.961. The first-order valence-electron chi connectivity index (χ1n) is 5.42. The highest BCUT2D eigenvalue weighted by atomic mass is 16.2. The Morgan fingerprint density at radius 2 is 2.13 bits per heavy atom. The van der Waals surface area contributed by atoms with Crippen LogP contribution in [0.4, 0.5) is 0 Å². The number of hydrogen-bond donors (Lipinski definition) is 1. The molecule has 0 aromatic heterocycles. The fraction of sp³-hybridized carbons (Fsp3) is 0.800. The minimum Gasteiger partial charge on any atom is -0.335 e. The second-order valence-electron chi connectivity index (χ2n) is 4.32. The monoisotopic (exact) mass is 211 g/mol. The van der Waals surface area contributed by atoms with Gasteiger partial charge < -0.3 is 15.1 Å². The summed E-state index contributed by atoms with van der Waals surface area (Å²) in [6.45, 7) is 2.18. The van der Waals surface area contributed by atoms with E-state index in [-0.39, 0.29) is 24.9 Å². The Kier molecular flexibility index (Phi) is 2.90. The molecule has 0 saturated carbocycles. The number of piperazine rings is 1. The molecule has 0 unspecified atom stereocenters. The van der Waals surface area contributed by atoms with E-state index in [0.29, 0.717) is 12.6 Å². The zero-order valence-electron chi connectivity index (χ0n) is 9.03. The van der Waals surface area contributed by atoms with Crippen LogP contribution >= 0.6 is 0 Å². The molecule has 1 N–H and O–H groups in total. The first-order valence-corrected chi connectivity index (χ1v) is 5.42. The first-order chi connectivity index (χ1) is 7.16. The molecule has 2 rings (SSSR count). The van der Waals surface area contributed by atoms with E-state index >= 15 is 0 Å². The summed E-state index contributed by atoms with van der Waals surface area (Å²) in [7, 11) is 1.67. The zero-order valence-corrected chi connectivity index (χ0v) is 9.03. The van der Waals surface area contributed by atoms with Crippen molar-refractivity contribution in [3.63, 3.8) is 0 Å². The number of likely N-dealkylation sites (N-methyl/N-ethyl adjacent to an activating group) is 1. The lowest BCUT2D eigenvalue weighted by Crippen LogP contribution is -2.54. The van der Waals surface area contributed by atoms with E-state index in [1.54, 1.807) is 11.9 Å². The summed E-state index contributed by atoms with van der Waals surface area (Å²) in [5, 5.41) is 3.33. The third-order valence-corrected chi connectivity index (χ3v) is 3.08. The topological polar surface area (TPSA) is 52.7 Å². The molecule has 2 aliphatic heterocycles. The minimum absolute atomic E-state index is 0.0348. The van der Waals surface area contributed by atoms with Gasteiger partial charge in [-0.1, -0.05) is 0 Å². The number of carbonyl (C=O) groups is 2. The van der Waals surface area contributed by atoms with Crippen molar-refractivity contribution in [2.45, 2.75) is 18.9 Å². The maximum atomic E-state index is 11.6. The van der Waals surface area contributed by atoms with Crippen LogP contribution in [-0.2, 0) is 9.59 Å². The van der Waals surface area contributed by atoms with Gasteiger partial charge in [0.2, 0.25) is 11.8 Å². The molecule has 0 spiro atoms. The molecule has 0 aromatic rings. The lowest BCUT2D eigenvalue weighted by Gasteiger charge is -2.33. The molecule has 15 heavy (non-hydrogen) atoms. The maximum absolute atomic E-state index is 11.6. The van der Waals surface area contributed by atoms with Gasteiger partial charge in [-0.25, -0.2) is 0 Å². The summed E-state index contributed by atoms with van der Waals surface area (Å²) in [6, 6.07) is 0.380. The third-order valence-electron chi connectivity index (χ3n) is 3.08. The number of carbonyl (C=O) groups excluding carboxylic acids is 2. The van der Waals surface area contributed by atoms with E-state index in [2.05, 4.69) is 5.32 Å². The lowest BCUT2D eigenvalue weighted by atomic mass is 10.2. The van der Waals surface area contributed by atoms with E-state index < -0.39 is 0 Å².